The molecule has 0 fully saturated rings. The Bertz CT molecular complexity index is 603. The number of nitrogens with one attached hydrogen (secondary N) is 1. The quantitative estimate of drug-likeness (QED) is 0.801. The van der Waals surface area contributed by atoms with Crippen molar-refractivity contribution in [2.75, 3.05) is 0 Å². The summed E-state index contributed by atoms with van der Waals surface area (Å²) >= 11 is 0. The van der Waals surface area contributed by atoms with E-state index in [1.165, 1.54) is 6.92 Å². The van der Waals surface area contributed by atoms with Gasteiger partial charge in [0, 0.05) is 0 Å². The first-order valence-electron chi connectivity index (χ1n) is 5.09. The SMILES string of the molecule is CC[C@@H](NS(=O)(=O)c1ccc(F)c(F)c1F)C(=O)O. The van der Waals surface area contributed by atoms with Gasteiger partial charge in [0.15, 0.2) is 17.5 Å². The van der Waals surface area contributed by atoms with Crippen molar-refractivity contribution < 1.29 is 31.5 Å². The zero-order chi connectivity index (χ0) is 14.8. The Morgan fingerprint density at radius 3 is 2.37 bits per heavy atom. The first-order valence-corrected chi connectivity index (χ1v) is 6.57. The van der Waals surface area contributed by atoms with E-state index >= 15 is 0 Å². The van der Waals surface area contributed by atoms with Gasteiger partial charge in [0.1, 0.15) is 10.9 Å². The highest BCUT2D eigenvalue weighted by atomic mass is 32.2. The van der Waals surface area contributed by atoms with Crippen molar-refractivity contribution in [2.45, 2.75) is 24.3 Å². The summed E-state index contributed by atoms with van der Waals surface area (Å²) in [5.74, 6) is -6.84. The monoisotopic (exact) mass is 297 g/mol. The number of hydrogen-bond donors (Lipinski definition) is 2. The molecule has 0 amide bonds. The molecule has 0 saturated heterocycles. The number of hydrogen-bond acceptors (Lipinski definition) is 3. The molecule has 1 aromatic carbocycles. The van der Waals surface area contributed by atoms with Crippen LogP contribution in [0.1, 0.15) is 13.3 Å². The van der Waals surface area contributed by atoms with E-state index in [9.17, 15) is 26.4 Å². The molecule has 1 rings (SSSR count). The lowest BCUT2D eigenvalue weighted by atomic mass is 10.2. The lowest BCUT2D eigenvalue weighted by Gasteiger charge is -2.13. The van der Waals surface area contributed by atoms with E-state index in [4.69, 9.17) is 5.11 Å². The van der Waals surface area contributed by atoms with Crippen molar-refractivity contribution in [2.24, 2.45) is 0 Å². The van der Waals surface area contributed by atoms with Gasteiger partial charge in [-0.25, -0.2) is 21.6 Å². The molecule has 5 nitrogen and oxygen atoms in total. The summed E-state index contributed by atoms with van der Waals surface area (Å²) in [6.45, 7) is 1.39. The van der Waals surface area contributed by atoms with Crippen molar-refractivity contribution in [1.82, 2.24) is 4.72 Å². The molecule has 0 heterocycles. The number of aliphatic carboxylic acids is 1. The zero-order valence-electron chi connectivity index (χ0n) is 9.65. The van der Waals surface area contributed by atoms with Gasteiger partial charge in [0.2, 0.25) is 10.0 Å². The maximum atomic E-state index is 13.3. The van der Waals surface area contributed by atoms with Gasteiger partial charge < -0.3 is 5.11 Å². The van der Waals surface area contributed by atoms with Crippen molar-refractivity contribution in [1.29, 1.82) is 0 Å². The smallest absolute Gasteiger partial charge is 0.321 e. The van der Waals surface area contributed by atoms with Gasteiger partial charge in [-0.1, -0.05) is 6.92 Å². The third kappa shape index (κ3) is 3.24. The molecule has 0 aliphatic heterocycles. The standard InChI is InChI=1S/C10H10F3NO4S/c1-2-6(10(15)16)14-19(17,18)7-4-3-5(11)8(12)9(7)13/h3-4,6,14H,2H2,1H3,(H,15,16)/t6-/m1/s1. The largest absolute Gasteiger partial charge is 0.480 e. The Labute approximate surface area is 107 Å². The van der Waals surface area contributed by atoms with Crippen LogP contribution in [0, 0.1) is 17.5 Å². The Morgan fingerprint density at radius 1 is 1.32 bits per heavy atom. The Hall–Kier alpha value is -1.61. The van der Waals surface area contributed by atoms with E-state index in [0.29, 0.717) is 12.1 Å². The summed E-state index contributed by atoms with van der Waals surface area (Å²) in [5.41, 5.74) is 0. The molecule has 0 saturated carbocycles. The van der Waals surface area contributed by atoms with Crippen LogP contribution in [0.15, 0.2) is 17.0 Å². The molecular formula is C10H10F3NO4S. The summed E-state index contributed by atoms with van der Waals surface area (Å²) < 4.78 is 64.0. The van der Waals surface area contributed by atoms with Gasteiger partial charge in [0.05, 0.1) is 0 Å². The van der Waals surface area contributed by atoms with E-state index < -0.39 is 44.4 Å². The number of carbonyl (C=O) groups is 1. The lowest BCUT2D eigenvalue weighted by Crippen LogP contribution is -2.40. The number of halogens is 3. The second-order valence-electron chi connectivity index (χ2n) is 3.59. The van der Waals surface area contributed by atoms with Gasteiger partial charge in [-0.2, -0.15) is 4.72 Å². The van der Waals surface area contributed by atoms with E-state index in [0.717, 1.165) is 0 Å². The minimum absolute atomic E-state index is 0.0974. The molecule has 0 unspecified atom stereocenters. The first-order chi connectivity index (χ1) is 8.70. The van der Waals surface area contributed by atoms with E-state index in [1.807, 2.05) is 0 Å². The van der Waals surface area contributed by atoms with Crippen molar-refractivity contribution in [3.8, 4) is 0 Å². The Kier molecular flexibility index (Phi) is 4.53. The minimum Gasteiger partial charge on any atom is -0.480 e. The van der Waals surface area contributed by atoms with Crippen LogP contribution >= 0.6 is 0 Å². The van der Waals surface area contributed by atoms with Crippen molar-refractivity contribution >= 4 is 16.0 Å². The molecule has 9 heteroatoms. The Balaban J connectivity index is 3.22. The third-order valence-electron chi connectivity index (χ3n) is 2.29. The molecule has 19 heavy (non-hydrogen) atoms. The maximum absolute atomic E-state index is 13.3. The summed E-state index contributed by atoms with van der Waals surface area (Å²) in [4.78, 5) is 9.54. The minimum atomic E-state index is -4.60. The number of benzene rings is 1. The normalized spacial score (nSPS) is 13.3. The van der Waals surface area contributed by atoms with Crippen molar-refractivity contribution in [3.63, 3.8) is 0 Å². The number of rotatable bonds is 5. The fourth-order valence-electron chi connectivity index (χ4n) is 1.27. The van der Waals surface area contributed by atoms with E-state index in [2.05, 4.69) is 0 Å². The molecule has 1 aromatic rings. The predicted octanol–water partition coefficient (Wildman–Crippen LogP) is 1.25. The van der Waals surface area contributed by atoms with Gasteiger partial charge in [-0.05, 0) is 18.6 Å². The summed E-state index contributed by atoms with van der Waals surface area (Å²) in [6, 6.07) is -0.531. The molecule has 0 radical (unpaired) electrons. The fraction of sp³-hybridized carbons (Fsp3) is 0.300. The zero-order valence-corrected chi connectivity index (χ0v) is 10.5. The van der Waals surface area contributed by atoms with Crippen LogP contribution < -0.4 is 4.72 Å². The van der Waals surface area contributed by atoms with Gasteiger partial charge in [-0.15, -0.1) is 0 Å². The van der Waals surface area contributed by atoms with Crippen LogP contribution in [0.2, 0.25) is 0 Å². The summed E-state index contributed by atoms with van der Waals surface area (Å²) in [7, 11) is -4.60. The topological polar surface area (TPSA) is 83.5 Å². The second-order valence-corrected chi connectivity index (χ2v) is 5.28. The van der Waals surface area contributed by atoms with Crippen molar-refractivity contribution in [3.05, 3.63) is 29.6 Å². The number of carboxylic acids is 1. The average Bonchev–Trinajstić information content (AvgIpc) is 2.32. The fourth-order valence-corrected chi connectivity index (χ4v) is 2.62. The van der Waals surface area contributed by atoms with Crippen LogP contribution in [0.5, 0.6) is 0 Å². The van der Waals surface area contributed by atoms with E-state index in [-0.39, 0.29) is 6.42 Å². The lowest BCUT2D eigenvalue weighted by molar-refractivity contribution is -0.139. The molecule has 1 atom stereocenters. The highest BCUT2D eigenvalue weighted by Crippen LogP contribution is 2.19. The van der Waals surface area contributed by atoms with Crippen LogP contribution in [-0.2, 0) is 14.8 Å². The van der Waals surface area contributed by atoms with Crippen LogP contribution in [0.3, 0.4) is 0 Å². The van der Waals surface area contributed by atoms with E-state index in [1.54, 1.807) is 4.72 Å². The number of sulfonamides is 1. The molecule has 106 valence electrons. The molecular weight excluding hydrogens is 287 g/mol. The van der Waals surface area contributed by atoms with Gasteiger partial charge >= 0.3 is 5.97 Å². The molecule has 0 aromatic heterocycles. The average molecular weight is 297 g/mol. The van der Waals surface area contributed by atoms with Gasteiger partial charge in [-0.3, -0.25) is 4.79 Å². The first kappa shape index (κ1) is 15.4. The van der Waals surface area contributed by atoms with Crippen LogP contribution in [0.4, 0.5) is 13.2 Å². The second kappa shape index (κ2) is 5.57. The molecule has 0 spiro atoms. The highest BCUT2D eigenvalue weighted by Gasteiger charge is 2.28. The third-order valence-corrected chi connectivity index (χ3v) is 3.78. The summed E-state index contributed by atoms with van der Waals surface area (Å²) in [5, 5.41) is 8.70. The molecule has 0 aliphatic carbocycles. The summed E-state index contributed by atoms with van der Waals surface area (Å²) in [6.07, 6.45) is -0.0974. The van der Waals surface area contributed by atoms with Gasteiger partial charge in [0.25, 0.3) is 0 Å². The number of carboxylic acid groups (broad SMARTS) is 1. The predicted molar refractivity (Wildman–Crippen MR) is 58.4 cm³/mol. The molecule has 2 N–H and O–H groups in total. The molecule has 0 bridgehead atoms. The molecule has 0 aliphatic rings. The van der Waals surface area contributed by atoms with Crippen LogP contribution in [0.25, 0.3) is 0 Å². The van der Waals surface area contributed by atoms with Crippen LogP contribution in [-0.4, -0.2) is 25.5 Å². The highest BCUT2D eigenvalue weighted by molar-refractivity contribution is 7.89. The Morgan fingerprint density at radius 2 is 1.89 bits per heavy atom. The maximum Gasteiger partial charge on any atom is 0.321 e.